The van der Waals surface area contributed by atoms with Gasteiger partial charge in [0.15, 0.2) is 4.90 Å². The van der Waals surface area contributed by atoms with Crippen molar-refractivity contribution >= 4 is 15.7 Å². The molecule has 7 nitrogen and oxygen atoms in total. The van der Waals surface area contributed by atoms with Gasteiger partial charge in [-0.15, -0.1) is 0 Å². The molecule has 21 heavy (non-hydrogen) atoms. The number of fused-ring (bicyclic) bond motifs is 1. The number of hydrogen-bond acceptors (Lipinski definition) is 5. The summed E-state index contributed by atoms with van der Waals surface area (Å²) in [6, 6.07) is 5.69. The van der Waals surface area contributed by atoms with Crippen LogP contribution in [0.15, 0.2) is 29.2 Å². The molecule has 1 N–H and O–H groups in total. The Morgan fingerprint density at radius 1 is 1.29 bits per heavy atom. The normalized spacial score (nSPS) is 26.5. The molecule has 1 aromatic rings. The Balaban J connectivity index is 1.93. The number of sulfonamides is 1. The summed E-state index contributed by atoms with van der Waals surface area (Å²) in [5.41, 5.74) is -0.361. The van der Waals surface area contributed by atoms with E-state index in [2.05, 4.69) is 5.32 Å². The fourth-order valence-electron chi connectivity index (χ4n) is 3.17. The van der Waals surface area contributed by atoms with Crippen LogP contribution in [0, 0.1) is 16.0 Å². The lowest BCUT2D eigenvalue weighted by Gasteiger charge is -2.24. The number of benzene rings is 1. The van der Waals surface area contributed by atoms with Crippen molar-refractivity contribution in [2.75, 3.05) is 19.6 Å². The largest absolute Gasteiger partial charge is 0.312 e. The molecule has 2 heterocycles. The number of nitro groups is 1. The highest BCUT2D eigenvalue weighted by atomic mass is 32.2. The summed E-state index contributed by atoms with van der Waals surface area (Å²) in [4.78, 5) is 10.2. The monoisotopic (exact) mass is 311 g/mol. The molecule has 0 aliphatic carbocycles. The Morgan fingerprint density at radius 3 is 2.76 bits per heavy atom. The molecule has 2 aliphatic heterocycles. The molecule has 0 aromatic heterocycles. The molecule has 2 fully saturated rings. The summed E-state index contributed by atoms with van der Waals surface area (Å²) in [5, 5.41) is 14.4. The zero-order valence-corrected chi connectivity index (χ0v) is 12.3. The van der Waals surface area contributed by atoms with Gasteiger partial charge in [-0.1, -0.05) is 12.1 Å². The second-order valence-corrected chi connectivity index (χ2v) is 7.42. The summed E-state index contributed by atoms with van der Waals surface area (Å²) in [6.07, 6.45) is 2.04. The van der Waals surface area contributed by atoms with Gasteiger partial charge < -0.3 is 5.32 Å². The lowest BCUT2D eigenvalue weighted by atomic mass is 9.94. The Morgan fingerprint density at radius 2 is 2.05 bits per heavy atom. The molecule has 0 radical (unpaired) electrons. The van der Waals surface area contributed by atoms with Gasteiger partial charge in [-0.2, -0.15) is 4.31 Å². The molecular weight excluding hydrogens is 294 g/mol. The minimum absolute atomic E-state index is 0.163. The summed E-state index contributed by atoms with van der Waals surface area (Å²) in [7, 11) is -3.82. The van der Waals surface area contributed by atoms with Crippen molar-refractivity contribution in [1.82, 2.24) is 9.62 Å². The number of hydrogen-bond donors (Lipinski definition) is 1. The van der Waals surface area contributed by atoms with Gasteiger partial charge in [0.05, 0.1) is 4.92 Å². The first-order chi connectivity index (χ1) is 10.00. The van der Waals surface area contributed by atoms with Crippen LogP contribution in [0.3, 0.4) is 0 Å². The lowest BCUT2D eigenvalue weighted by Crippen LogP contribution is -2.41. The van der Waals surface area contributed by atoms with Crippen molar-refractivity contribution in [1.29, 1.82) is 0 Å². The maximum absolute atomic E-state index is 12.7. The Bertz CT molecular complexity index is 647. The van der Waals surface area contributed by atoms with Crippen LogP contribution >= 0.6 is 0 Å². The van der Waals surface area contributed by atoms with Crippen molar-refractivity contribution in [3.63, 3.8) is 0 Å². The van der Waals surface area contributed by atoms with Crippen LogP contribution in [0.4, 0.5) is 5.69 Å². The predicted octanol–water partition coefficient (Wildman–Crippen LogP) is 0.967. The quantitative estimate of drug-likeness (QED) is 0.663. The highest BCUT2D eigenvalue weighted by molar-refractivity contribution is 7.89. The average Bonchev–Trinajstić information content (AvgIpc) is 2.92. The van der Waals surface area contributed by atoms with E-state index >= 15 is 0 Å². The van der Waals surface area contributed by atoms with Crippen LogP contribution < -0.4 is 5.32 Å². The van der Waals surface area contributed by atoms with Gasteiger partial charge in [-0.25, -0.2) is 8.42 Å². The first-order valence-electron chi connectivity index (χ1n) is 6.97. The SMILES string of the molecule is O=[N+]([O-])c1ccccc1S(=O)(=O)N1C[C@@H]2CCCN[C@@H]2C1. The molecule has 2 aliphatic rings. The number of para-hydroxylation sites is 1. The standard InChI is InChI=1S/C13H17N3O4S/c17-16(18)12-5-1-2-6-13(12)21(19,20)15-8-10-4-3-7-14-11(10)9-15/h1-2,5-6,10-11,14H,3-4,7-9H2/t10-,11+/m0/s1. The van der Waals surface area contributed by atoms with Gasteiger partial charge in [0.25, 0.3) is 5.69 Å². The summed E-state index contributed by atoms with van der Waals surface area (Å²) >= 11 is 0. The minimum atomic E-state index is -3.82. The predicted molar refractivity (Wildman–Crippen MR) is 76.4 cm³/mol. The van der Waals surface area contributed by atoms with Crippen molar-refractivity contribution < 1.29 is 13.3 Å². The van der Waals surface area contributed by atoms with Crippen LogP contribution in [0.25, 0.3) is 0 Å². The van der Waals surface area contributed by atoms with Crippen molar-refractivity contribution in [2.45, 2.75) is 23.8 Å². The van der Waals surface area contributed by atoms with Crippen molar-refractivity contribution in [3.8, 4) is 0 Å². The molecule has 0 unspecified atom stereocenters. The van der Waals surface area contributed by atoms with Gasteiger partial charge in [-0.3, -0.25) is 10.1 Å². The number of nitrogens with zero attached hydrogens (tertiary/aromatic N) is 2. The Hall–Kier alpha value is -1.51. The number of nitrogens with one attached hydrogen (secondary N) is 1. The van der Waals surface area contributed by atoms with Crippen LogP contribution in [0.1, 0.15) is 12.8 Å². The van der Waals surface area contributed by atoms with E-state index in [9.17, 15) is 18.5 Å². The minimum Gasteiger partial charge on any atom is -0.312 e. The molecule has 8 heteroatoms. The van der Waals surface area contributed by atoms with Gasteiger partial charge in [0.1, 0.15) is 0 Å². The van der Waals surface area contributed by atoms with Gasteiger partial charge >= 0.3 is 0 Å². The summed E-state index contributed by atoms with van der Waals surface area (Å²) < 4.78 is 26.8. The van der Waals surface area contributed by atoms with E-state index in [1.165, 1.54) is 28.6 Å². The Kier molecular flexibility index (Phi) is 3.68. The van der Waals surface area contributed by atoms with Gasteiger partial charge in [-0.05, 0) is 31.4 Å². The summed E-state index contributed by atoms with van der Waals surface area (Å²) in [6.45, 7) is 1.73. The number of nitro benzene ring substituents is 1. The van der Waals surface area contributed by atoms with Crippen LogP contribution in [0.5, 0.6) is 0 Å². The van der Waals surface area contributed by atoms with E-state index < -0.39 is 14.9 Å². The molecule has 0 amide bonds. The second-order valence-electron chi connectivity index (χ2n) is 5.51. The maximum Gasteiger partial charge on any atom is 0.289 e. The molecule has 0 saturated carbocycles. The van der Waals surface area contributed by atoms with E-state index in [4.69, 9.17) is 0 Å². The van der Waals surface area contributed by atoms with Crippen molar-refractivity contribution in [2.24, 2.45) is 5.92 Å². The molecule has 2 saturated heterocycles. The van der Waals surface area contributed by atoms with Gasteiger partial charge in [0, 0.05) is 25.2 Å². The number of piperidine rings is 1. The number of rotatable bonds is 3. The van der Waals surface area contributed by atoms with E-state index in [0.717, 1.165) is 19.4 Å². The Labute approximate surface area is 123 Å². The highest BCUT2D eigenvalue weighted by Gasteiger charge is 2.41. The maximum atomic E-state index is 12.7. The third-order valence-corrected chi connectivity index (χ3v) is 6.12. The second kappa shape index (κ2) is 5.36. The third-order valence-electron chi connectivity index (χ3n) is 4.25. The molecular formula is C13H17N3O4S. The lowest BCUT2D eigenvalue weighted by molar-refractivity contribution is -0.387. The molecule has 0 spiro atoms. The van der Waals surface area contributed by atoms with Crippen LogP contribution in [0.2, 0.25) is 0 Å². The molecule has 2 atom stereocenters. The first-order valence-corrected chi connectivity index (χ1v) is 8.41. The smallest absolute Gasteiger partial charge is 0.289 e. The summed E-state index contributed by atoms with van der Waals surface area (Å²) in [5.74, 6) is 0.302. The zero-order chi connectivity index (χ0) is 15.0. The average molecular weight is 311 g/mol. The van der Waals surface area contributed by atoms with E-state index in [1.807, 2.05) is 0 Å². The van der Waals surface area contributed by atoms with E-state index in [-0.39, 0.29) is 16.6 Å². The van der Waals surface area contributed by atoms with E-state index in [1.54, 1.807) is 0 Å². The van der Waals surface area contributed by atoms with Crippen LogP contribution in [-0.2, 0) is 10.0 Å². The van der Waals surface area contributed by atoms with Gasteiger partial charge in [0.2, 0.25) is 10.0 Å². The molecule has 0 bridgehead atoms. The fourth-order valence-corrected chi connectivity index (χ4v) is 4.85. The molecule has 3 rings (SSSR count). The zero-order valence-electron chi connectivity index (χ0n) is 11.4. The third kappa shape index (κ3) is 2.54. The highest BCUT2D eigenvalue weighted by Crippen LogP contribution is 2.32. The molecule has 1 aromatic carbocycles. The molecule has 114 valence electrons. The van der Waals surface area contributed by atoms with E-state index in [0.29, 0.717) is 19.0 Å². The fraction of sp³-hybridized carbons (Fsp3) is 0.538. The van der Waals surface area contributed by atoms with Crippen LogP contribution in [-0.4, -0.2) is 43.3 Å². The first kappa shape index (κ1) is 14.4. The topological polar surface area (TPSA) is 92.5 Å². The van der Waals surface area contributed by atoms with Crippen molar-refractivity contribution in [3.05, 3.63) is 34.4 Å².